The van der Waals surface area contributed by atoms with Gasteiger partial charge in [-0.2, -0.15) is 0 Å². The summed E-state index contributed by atoms with van der Waals surface area (Å²) in [5, 5.41) is 15.3. The van der Waals surface area contributed by atoms with Gasteiger partial charge in [0.25, 0.3) is 5.91 Å². The Morgan fingerprint density at radius 2 is 1.86 bits per heavy atom. The largest absolute Gasteiger partial charge is 0.495 e. The highest BCUT2D eigenvalue weighted by Gasteiger charge is 2.46. The monoisotopic (exact) mass is 719 g/mol. The van der Waals surface area contributed by atoms with E-state index in [1.165, 1.54) is 38.4 Å². The van der Waals surface area contributed by atoms with Gasteiger partial charge in [-0.05, 0) is 48.9 Å². The predicted molar refractivity (Wildman–Crippen MR) is 185 cm³/mol. The second-order valence-electron chi connectivity index (χ2n) is 12.9. The minimum absolute atomic E-state index is 0.0199. The van der Waals surface area contributed by atoms with Crippen molar-refractivity contribution in [3.63, 3.8) is 0 Å². The number of sulfone groups is 1. The van der Waals surface area contributed by atoms with Gasteiger partial charge in [-0.25, -0.2) is 22.2 Å². The molecule has 12 nitrogen and oxygen atoms in total. The van der Waals surface area contributed by atoms with Crippen molar-refractivity contribution in [2.24, 2.45) is 10.7 Å². The number of anilines is 1. The van der Waals surface area contributed by atoms with E-state index in [9.17, 15) is 27.5 Å². The average Bonchev–Trinajstić information content (AvgIpc) is 3.74. The number of nitrogens with zero attached hydrogens (tertiary/aromatic N) is 2. The molecule has 1 aromatic heterocycles. The number of ether oxygens (including phenoxy) is 2. The lowest BCUT2D eigenvalue weighted by Crippen LogP contribution is -2.43. The van der Waals surface area contributed by atoms with E-state index < -0.39 is 50.8 Å². The Bertz CT molecular complexity index is 2210. The van der Waals surface area contributed by atoms with Gasteiger partial charge in [0.2, 0.25) is 5.91 Å². The maximum Gasteiger partial charge on any atom is 0.251 e. The standard InChI is InChI=1S/C36H35F2N5O7S/c1-34(33(40)45)19-50-31-25(34)16-28(43-30(31)24-15-23(51(3,47)48)9-10-26(24)37)36(46,22-7-5-4-6-8-22)18-41-32(44)20-13-21(17-42-35(38)11-12-35)29(39)27(14-20)49-2/h4-10,13-17,46H,11-12,18-19,39H2,1-3H3,(H2,40,45)(H,41,44)/b42-17+/t34-,36+/m0/s1. The third-order valence-corrected chi connectivity index (χ3v) is 10.3. The number of carbonyl (C=O) groups excluding carboxylic acids is 2. The summed E-state index contributed by atoms with van der Waals surface area (Å²) in [4.78, 5) is 34.9. The number of benzene rings is 3. The number of nitrogens with two attached hydrogens (primary N) is 2. The molecule has 0 bridgehead atoms. The average molecular weight is 720 g/mol. The van der Waals surface area contributed by atoms with Crippen LogP contribution in [-0.4, -0.2) is 68.8 Å². The third kappa shape index (κ3) is 6.61. The number of nitrogens with one attached hydrogen (secondary N) is 1. The molecule has 0 unspecified atom stereocenters. The molecule has 6 rings (SSSR count). The second kappa shape index (κ2) is 12.7. The number of methoxy groups -OCH3 is 1. The molecule has 2 amide bonds. The van der Waals surface area contributed by atoms with Crippen LogP contribution in [0, 0.1) is 5.82 Å². The lowest BCUT2D eigenvalue weighted by molar-refractivity contribution is -0.123. The van der Waals surface area contributed by atoms with Crippen LogP contribution in [0.5, 0.6) is 11.5 Å². The summed E-state index contributed by atoms with van der Waals surface area (Å²) in [6, 6.07) is 15.5. The molecule has 266 valence electrons. The van der Waals surface area contributed by atoms with Crippen LogP contribution in [0.15, 0.2) is 76.6 Å². The summed E-state index contributed by atoms with van der Waals surface area (Å²) in [6.07, 6.45) is 2.76. The zero-order valence-corrected chi connectivity index (χ0v) is 28.7. The first-order valence-electron chi connectivity index (χ1n) is 15.8. The van der Waals surface area contributed by atoms with Crippen LogP contribution in [0.2, 0.25) is 0 Å². The maximum atomic E-state index is 15.6. The molecule has 3 aromatic carbocycles. The Labute approximate surface area is 292 Å². The van der Waals surface area contributed by atoms with E-state index in [0.717, 1.165) is 24.5 Å². The highest BCUT2D eigenvalue weighted by atomic mass is 32.2. The van der Waals surface area contributed by atoms with Crippen molar-refractivity contribution in [2.45, 2.75) is 41.5 Å². The molecule has 4 aromatic rings. The number of aliphatic hydroxyl groups is 1. The zero-order valence-electron chi connectivity index (χ0n) is 27.9. The first kappa shape index (κ1) is 35.4. The number of hydrogen-bond acceptors (Lipinski definition) is 10. The van der Waals surface area contributed by atoms with Gasteiger partial charge in [0.1, 0.15) is 40.6 Å². The summed E-state index contributed by atoms with van der Waals surface area (Å²) < 4.78 is 65.9. The molecule has 2 aliphatic rings. The summed E-state index contributed by atoms with van der Waals surface area (Å²) in [7, 11) is -2.44. The number of fused-ring (bicyclic) bond motifs is 1. The molecule has 15 heteroatoms. The van der Waals surface area contributed by atoms with Gasteiger partial charge in [0, 0.05) is 47.6 Å². The summed E-state index contributed by atoms with van der Waals surface area (Å²) >= 11 is 0. The SMILES string of the molecule is COc1cc(C(=O)NC[C@@](O)(c2ccccc2)c2cc3c(c(-c4cc(S(C)(=O)=O)ccc4F)n2)OC[C@]3(C)C(N)=O)cc(/C=N/C2(F)CC2)c1N. The van der Waals surface area contributed by atoms with Crippen molar-refractivity contribution in [3.8, 4) is 22.8 Å². The summed E-state index contributed by atoms with van der Waals surface area (Å²) in [5.74, 6) is -3.86. The Morgan fingerprint density at radius 3 is 2.49 bits per heavy atom. The number of hydrogen-bond donors (Lipinski definition) is 4. The highest BCUT2D eigenvalue weighted by molar-refractivity contribution is 7.90. The van der Waals surface area contributed by atoms with Crippen molar-refractivity contribution in [2.75, 3.05) is 32.3 Å². The topological polar surface area (TPSA) is 196 Å². The van der Waals surface area contributed by atoms with Crippen molar-refractivity contribution >= 4 is 33.6 Å². The Morgan fingerprint density at radius 1 is 1.16 bits per heavy atom. The number of aromatic nitrogens is 1. The molecule has 1 fully saturated rings. The second-order valence-corrected chi connectivity index (χ2v) is 14.9. The fraction of sp³-hybridized carbons (Fsp3) is 0.278. The van der Waals surface area contributed by atoms with Crippen LogP contribution in [0.1, 0.15) is 52.5 Å². The molecule has 0 radical (unpaired) electrons. The molecular weight excluding hydrogens is 684 g/mol. The van der Waals surface area contributed by atoms with Crippen LogP contribution in [0.3, 0.4) is 0 Å². The summed E-state index contributed by atoms with van der Waals surface area (Å²) in [6.45, 7) is 0.771. The molecular formula is C36H35F2N5O7S. The number of primary amides is 1. The molecule has 1 aliphatic heterocycles. The van der Waals surface area contributed by atoms with Crippen molar-refractivity contribution in [3.05, 3.63) is 100 Å². The van der Waals surface area contributed by atoms with E-state index in [4.69, 9.17) is 20.9 Å². The molecule has 2 atom stereocenters. The third-order valence-electron chi connectivity index (χ3n) is 9.17. The van der Waals surface area contributed by atoms with E-state index in [2.05, 4.69) is 15.3 Å². The maximum absolute atomic E-state index is 15.6. The van der Waals surface area contributed by atoms with E-state index in [1.54, 1.807) is 30.3 Å². The lowest BCUT2D eigenvalue weighted by Gasteiger charge is -2.30. The molecule has 1 saturated carbocycles. The van der Waals surface area contributed by atoms with E-state index >= 15 is 4.39 Å². The fourth-order valence-corrected chi connectivity index (χ4v) is 6.38. The lowest BCUT2D eigenvalue weighted by atomic mass is 9.80. The first-order valence-corrected chi connectivity index (χ1v) is 17.6. The normalized spacial score (nSPS) is 18.8. The minimum atomic E-state index is -3.80. The van der Waals surface area contributed by atoms with Crippen LogP contribution in [-0.2, 0) is 25.6 Å². The van der Waals surface area contributed by atoms with Crippen LogP contribution in [0.4, 0.5) is 14.5 Å². The quantitative estimate of drug-likeness (QED) is 0.0776. The van der Waals surface area contributed by atoms with Crippen molar-refractivity contribution in [1.29, 1.82) is 0 Å². The number of aliphatic imine (C=N–C) groups is 1. The van der Waals surface area contributed by atoms with Crippen LogP contribution < -0.4 is 26.3 Å². The van der Waals surface area contributed by atoms with Crippen LogP contribution >= 0.6 is 0 Å². The Kier molecular flexibility index (Phi) is 8.84. The molecule has 2 heterocycles. The molecule has 1 aliphatic carbocycles. The number of rotatable bonds is 11. The number of halogens is 2. The molecule has 0 spiro atoms. The Balaban J connectivity index is 1.48. The molecule has 51 heavy (non-hydrogen) atoms. The first-order chi connectivity index (χ1) is 24.0. The molecule has 6 N–H and O–H groups in total. The van der Waals surface area contributed by atoms with Crippen molar-refractivity contribution in [1.82, 2.24) is 10.3 Å². The number of pyridine rings is 1. The minimum Gasteiger partial charge on any atom is -0.495 e. The smallest absolute Gasteiger partial charge is 0.251 e. The fourth-order valence-electron chi connectivity index (χ4n) is 5.74. The van der Waals surface area contributed by atoms with E-state index in [1.807, 2.05) is 0 Å². The van der Waals surface area contributed by atoms with Crippen LogP contribution in [0.25, 0.3) is 11.3 Å². The zero-order chi connectivity index (χ0) is 36.9. The van der Waals surface area contributed by atoms with Gasteiger partial charge in [-0.3, -0.25) is 14.6 Å². The number of amides is 2. The number of alkyl halides is 1. The van der Waals surface area contributed by atoms with E-state index in [-0.39, 0.29) is 80.7 Å². The predicted octanol–water partition coefficient (Wildman–Crippen LogP) is 3.56. The highest BCUT2D eigenvalue weighted by Crippen LogP contribution is 2.47. The van der Waals surface area contributed by atoms with Gasteiger partial charge in [-0.1, -0.05) is 30.3 Å². The molecule has 0 saturated heterocycles. The van der Waals surface area contributed by atoms with Crippen molar-refractivity contribution < 1.29 is 41.4 Å². The van der Waals surface area contributed by atoms with Gasteiger partial charge >= 0.3 is 0 Å². The Hall–Kier alpha value is -5.41. The number of carbonyl (C=O) groups is 2. The van der Waals surface area contributed by atoms with Gasteiger partial charge in [0.05, 0.1) is 29.9 Å². The van der Waals surface area contributed by atoms with E-state index in [0.29, 0.717) is 0 Å². The van der Waals surface area contributed by atoms with Gasteiger partial charge in [-0.15, -0.1) is 0 Å². The number of nitrogen functional groups attached to an aromatic ring is 1. The van der Waals surface area contributed by atoms with Gasteiger partial charge < -0.3 is 31.4 Å². The van der Waals surface area contributed by atoms with Gasteiger partial charge in [0.15, 0.2) is 15.6 Å². The summed E-state index contributed by atoms with van der Waals surface area (Å²) in [5.41, 5.74) is 8.68.